The maximum absolute atomic E-state index is 13.2. The average Bonchev–Trinajstić information content (AvgIpc) is 2.82. The van der Waals surface area contributed by atoms with Crippen LogP contribution >= 0.6 is 11.6 Å². The van der Waals surface area contributed by atoms with Gasteiger partial charge in [0.1, 0.15) is 4.90 Å². The minimum absolute atomic E-state index is 0.0670. The summed E-state index contributed by atoms with van der Waals surface area (Å²) in [5, 5.41) is 0.0670. The van der Waals surface area contributed by atoms with E-state index >= 15 is 0 Å². The summed E-state index contributed by atoms with van der Waals surface area (Å²) >= 11 is 6.24. The number of halogens is 1. The normalized spacial score (nSPS) is 14.2. The average molecular weight is 498 g/mol. The number of hydrogen-bond acceptors (Lipinski definition) is 4. The Bertz CT molecular complexity index is 1330. The number of nitrogens with one attached hydrogen (secondary N) is 1. The van der Waals surface area contributed by atoms with Crippen LogP contribution in [0.2, 0.25) is 5.02 Å². The molecule has 0 radical (unpaired) electrons. The van der Waals surface area contributed by atoms with Crippen molar-refractivity contribution in [1.82, 2.24) is 4.90 Å². The number of carbonyl (C=O) groups excluding carboxylic acids is 1. The van der Waals surface area contributed by atoms with Crippen LogP contribution in [0.4, 0.5) is 11.4 Å². The summed E-state index contributed by atoms with van der Waals surface area (Å²) < 4.78 is 28.7. The molecule has 178 valence electrons. The lowest BCUT2D eigenvalue weighted by Gasteiger charge is -2.37. The van der Waals surface area contributed by atoms with Crippen molar-refractivity contribution in [2.24, 2.45) is 0 Å². The molecule has 1 N–H and O–H groups in total. The highest BCUT2D eigenvalue weighted by atomic mass is 35.5. The third-order valence-electron chi connectivity index (χ3n) is 6.34. The van der Waals surface area contributed by atoms with Crippen molar-refractivity contribution in [3.8, 4) is 0 Å². The molecule has 1 heterocycles. The molecule has 1 amide bonds. The summed E-state index contributed by atoms with van der Waals surface area (Å²) in [7, 11) is -3.97. The maximum atomic E-state index is 13.2. The van der Waals surface area contributed by atoms with Gasteiger partial charge in [-0.1, -0.05) is 41.9 Å². The molecule has 6 nitrogen and oxygen atoms in total. The van der Waals surface area contributed by atoms with Gasteiger partial charge in [-0.2, -0.15) is 0 Å². The molecule has 1 aliphatic heterocycles. The Morgan fingerprint density at radius 3 is 2.26 bits per heavy atom. The zero-order valence-electron chi connectivity index (χ0n) is 19.5. The fourth-order valence-corrected chi connectivity index (χ4v) is 5.80. The maximum Gasteiger partial charge on any atom is 0.263 e. The van der Waals surface area contributed by atoms with E-state index in [0.717, 1.165) is 5.56 Å². The second kappa shape index (κ2) is 9.68. The van der Waals surface area contributed by atoms with E-state index in [1.54, 1.807) is 23.1 Å². The fraction of sp³-hybridized carbons (Fsp3) is 0.269. The van der Waals surface area contributed by atoms with Crippen molar-refractivity contribution in [2.45, 2.75) is 25.7 Å². The second-order valence-electron chi connectivity index (χ2n) is 8.56. The van der Waals surface area contributed by atoms with Crippen LogP contribution in [0.1, 0.15) is 27.0 Å². The van der Waals surface area contributed by atoms with Gasteiger partial charge in [-0.3, -0.25) is 9.52 Å². The predicted molar refractivity (Wildman–Crippen MR) is 137 cm³/mol. The van der Waals surface area contributed by atoms with Gasteiger partial charge in [0.05, 0.1) is 10.7 Å². The quantitative estimate of drug-likeness (QED) is 0.537. The minimum atomic E-state index is -3.97. The van der Waals surface area contributed by atoms with Crippen LogP contribution in [0.3, 0.4) is 0 Å². The van der Waals surface area contributed by atoms with Gasteiger partial charge in [-0.15, -0.1) is 0 Å². The number of nitrogens with zero attached hydrogens (tertiary/aromatic N) is 2. The van der Waals surface area contributed by atoms with Crippen LogP contribution in [-0.4, -0.2) is 45.4 Å². The molecular formula is C26H28ClN3O3S. The van der Waals surface area contributed by atoms with Gasteiger partial charge in [0, 0.05) is 37.4 Å². The van der Waals surface area contributed by atoms with Gasteiger partial charge in [0.2, 0.25) is 0 Å². The molecule has 0 unspecified atom stereocenters. The topological polar surface area (TPSA) is 69.7 Å². The highest BCUT2D eigenvalue weighted by Gasteiger charge is 2.26. The van der Waals surface area contributed by atoms with Gasteiger partial charge >= 0.3 is 0 Å². The lowest BCUT2D eigenvalue weighted by Crippen LogP contribution is -2.49. The smallest absolute Gasteiger partial charge is 0.263 e. The number of para-hydroxylation sites is 1. The molecule has 1 fully saturated rings. The molecule has 8 heteroatoms. The highest BCUT2D eigenvalue weighted by molar-refractivity contribution is 7.92. The summed E-state index contributed by atoms with van der Waals surface area (Å²) in [6.07, 6.45) is 0. The SMILES string of the molecule is Cc1ccccc1NS(=O)(=O)c1cc(C(=O)N2CCN(c3cccc(C)c3C)CC2)ccc1Cl. The Morgan fingerprint density at radius 1 is 0.882 bits per heavy atom. The first-order chi connectivity index (χ1) is 16.2. The Morgan fingerprint density at radius 2 is 1.56 bits per heavy atom. The van der Waals surface area contributed by atoms with E-state index in [1.807, 2.05) is 19.1 Å². The molecule has 3 aromatic rings. The zero-order chi connectivity index (χ0) is 24.5. The first-order valence-electron chi connectivity index (χ1n) is 11.2. The summed E-state index contributed by atoms with van der Waals surface area (Å²) in [6.45, 7) is 8.56. The fourth-order valence-electron chi connectivity index (χ4n) is 4.14. The number of amides is 1. The van der Waals surface area contributed by atoms with Crippen LogP contribution in [0.25, 0.3) is 0 Å². The van der Waals surface area contributed by atoms with Crippen molar-refractivity contribution in [3.63, 3.8) is 0 Å². The third kappa shape index (κ3) is 4.91. The Hall–Kier alpha value is -3.03. The predicted octanol–water partition coefficient (Wildman–Crippen LogP) is 5.03. The van der Waals surface area contributed by atoms with Gasteiger partial charge in [-0.25, -0.2) is 8.42 Å². The lowest BCUT2D eigenvalue weighted by molar-refractivity contribution is 0.0746. The van der Waals surface area contributed by atoms with Crippen LogP contribution in [0.5, 0.6) is 0 Å². The molecule has 0 bridgehead atoms. The molecule has 1 saturated heterocycles. The second-order valence-corrected chi connectivity index (χ2v) is 10.6. The molecule has 4 rings (SSSR count). The van der Waals surface area contributed by atoms with Gasteiger partial charge in [0.25, 0.3) is 15.9 Å². The van der Waals surface area contributed by atoms with Gasteiger partial charge < -0.3 is 9.80 Å². The van der Waals surface area contributed by atoms with E-state index in [-0.39, 0.29) is 15.8 Å². The van der Waals surface area contributed by atoms with E-state index in [0.29, 0.717) is 37.4 Å². The number of benzene rings is 3. The number of hydrogen-bond donors (Lipinski definition) is 1. The summed E-state index contributed by atoms with van der Waals surface area (Å²) in [5.74, 6) is -0.204. The summed E-state index contributed by atoms with van der Waals surface area (Å²) in [6, 6.07) is 17.8. The Balaban J connectivity index is 1.51. The molecule has 0 saturated carbocycles. The van der Waals surface area contributed by atoms with Crippen molar-refractivity contribution in [1.29, 1.82) is 0 Å². The van der Waals surface area contributed by atoms with Crippen LogP contribution in [-0.2, 0) is 10.0 Å². The van der Waals surface area contributed by atoms with Crippen LogP contribution < -0.4 is 9.62 Å². The number of sulfonamides is 1. The number of aryl methyl sites for hydroxylation is 2. The van der Waals surface area contributed by atoms with E-state index in [2.05, 4.69) is 41.7 Å². The first-order valence-corrected chi connectivity index (χ1v) is 13.0. The molecule has 0 atom stereocenters. The molecule has 0 spiro atoms. The number of piperazine rings is 1. The van der Waals surface area contributed by atoms with Crippen molar-refractivity contribution in [2.75, 3.05) is 35.8 Å². The zero-order valence-corrected chi connectivity index (χ0v) is 21.1. The van der Waals surface area contributed by atoms with Crippen LogP contribution in [0, 0.1) is 20.8 Å². The van der Waals surface area contributed by atoms with Gasteiger partial charge in [0.15, 0.2) is 0 Å². The first kappa shape index (κ1) is 24.1. The number of carbonyl (C=O) groups is 1. The molecular weight excluding hydrogens is 470 g/mol. The van der Waals surface area contributed by atoms with Crippen molar-refractivity contribution >= 4 is 38.9 Å². The minimum Gasteiger partial charge on any atom is -0.368 e. The highest BCUT2D eigenvalue weighted by Crippen LogP contribution is 2.28. The molecule has 34 heavy (non-hydrogen) atoms. The van der Waals surface area contributed by atoms with Crippen LogP contribution in [0.15, 0.2) is 65.6 Å². The third-order valence-corrected chi connectivity index (χ3v) is 8.19. The molecule has 0 aromatic heterocycles. The summed E-state index contributed by atoms with van der Waals surface area (Å²) in [5.41, 5.74) is 5.24. The lowest BCUT2D eigenvalue weighted by atomic mass is 10.1. The number of anilines is 2. The Kier molecular flexibility index (Phi) is 6.86. The van der Waals surface area contributed by atoms with Gasteiger partial charge in [-0.05, 0) is 67.8 Å². The van der Waals surface area contributed by atoms with E-state index in [4.69, 9.17) is 11.6 Å². The van der Waals surface area contributed by atoms with E-state index < -0.39 is 10.0 Å². The van der Waals surface area contributed by atoms with Crippen molar-refractivity contribution in [3.05, 3.63) is 87.9 Å². The summed E-state index contributed by atoms with van der Waals surface area (Å²) in [4.78, 5) is 17.1. The largest absolute Gasteiger partial charge is 0.368 e. The number of rotatable bonds is 5. The standard InChI is InChI=1S/C26H28ClN3O3S/c1-18-8-6-10-24(20(18)3)29-13-15-30(16-14-29)26(31)21-11-12-22(27)25(17-21)34(32,33)28-23-9-5-4-7-19(23)2/h4-12,17,28H,13-16H2,1-3H3. The molecule has 0 aliphatic carbocycles. The van der Waals surface area contributed by atoms with E-state index in [9.17, 15) is 13.2 Å². The molecule has 1 aliphatic rings. The Labute approximate surface area is 206 Å². The van der Waals surface area contributed by atoms with E-state index in [1.165, 1.54) is 28.9 Å². The van der Waals surface area contributed by atoms with Crippen molar-refractivity contribution < 1.29 is 13.2 Å². The molecule has 3 aromatic carbocycles. The monoisotopic (exact) mass is 497 g/mol.